The van der Waals surface area contributed by atoms with Crippen molar-refractivity contribution in [1.82, 2.24) is 0 Å². The molecule has 0 aliphatic heterocycles. The SMILES string of the molecule is COc1cccc(C#N)c1NS(=O)(=O)CCN. The van der Waals surface area contributed by atoms with Gasteiger partial charge in [0.25, 0.3) is 0 Å². The van der Waals surface area contributed by atoms with Crippen molar-refractivity contribution in [3.05, 3.63) is 23.8 Å². The van der Waals surface area contributed by atoms with Crippen molar-refractivity contribution >= 4 is 15.7 Å². The standard InChI is InChI=1S/C10H13N3O3S/c1-16-9-4-2-3-8(7-12)10(9)13-17(14,15)6-5-11/h2-4,13H,5-6,11H2,1H3. The monoisotopic (exact) mass is 255 g/mol. The van der Waals surface area contributed by atoms with Crippen LogP contribution in [0.4, 0.5) is 5.69 Å². The molecular formula is C10H13N3O3S. The number of rotatable bonds is 5. The van der Waals surface area contributed by atoms with Crippen LogP contribution < -0.4 is 15.2 Å². The first-order valence-corrected chi connectivity index (χ1v) is 6.47. The highest BCUT2D eigenvalue weighted by molar-refractivity contribution is 7.92. The number of ether oxygens (including phenoxy) is 1. The summed E-state index contributed by atoms with van der Waals surface area (Å²) in [7, 11) is -2.16. The van der Waals surface area contributed by atoms with Gasteiger partial charge in [-0.3, -0.25) is 4.72 Å². The Labute approximate surface area is 100 Å². The van der Waals surface area contributed by atoms with Gasteiger partial charge in [-0.05, 0) is 12.1 Å². The molecule has 0 atom stereocenters. The molecule has 1 rings (SSSR count). The van der Waals surface area contributed by atoms with Gasteiger partial charge in [-0.15, -0.1) is 0 Å². The van der Waals surface area contributed by atoms with Crippen molar-refractivity contribution in [3.63, 3.8) is 0 Å². The number of nitrogens with zero attached hydrogens (tertiary/aromatic N) is 1. The second-order valence-electron chi connectivity index (χ2n) is 3.20. The van der Waals surface area contributed by atoms with E-state index in [1.54, 1.807) is 12.1 Å². The number of sulfonamides is 1. The Morgan fingerprint density at radius 3 is 2.76 bits per heavy atom. The lowest BCUT2D eigenvalue weighted by Gasteiger charge is -2.12. The predicted molar refractivity (Wildman–Crippen MR) is 64.2 cm³/mol. The lowest BCUT2D eigenvalue weighted by atomic mass is 10.2. The molecule has 0 radical (unpaired) electrons. The molecule has 0 aliphatic carbocycles. The van der Waals surface area contributed by atoms with Crippen molar-refractivity contribution in [2.45, 2.75) is 0 Å². The zero-order valence-corrected chi connectivity index (χ0v) is 10.1. The lowest BCUT2D eigenvalue weighted by molar-refractivity contribution is 0.417. The molecule has 0 saturated carbocycles. The zero-order chi connectivity index (χ0) is 12.9. The van der Waals surface area contributed by atoms with Crippen LogP contribution >= 0.6 is 0 Å². The molecule has 0 aromatic heterocycles. The molecule has 92 valence electrons. The molecule has 17 heavy (non-hydrogen) atoms. The van der Waals surface area contributed by atoms with E-state index in [9.17, 15) is 8.42 Å². The molecule has 0 saturated heterocycles. The molecule has 0 heterocycles. The van der Waals surface area contributed by atoms with Crippen LogP contribution in [0.25, 0.3) is 0 Å². The molecule has 1 aromatic carbocycles. The molecule has 6 nitrogen and oxygen atoms in total. The summed E-state index contributed by atoms with van der Waals surface area (Å²) >= 11 is 0. The summed E-state index contributed by atoms with van der Waals surface area (Å²) in [5, 5.41) is 8.90. The first-order chi connectivity index (χ1) is 8.04. The fourth-order valence-electron chi connectivity index (χ4n) is 1.26. The minimum Gasteiger partial charge on any atom is -0.495 e. The van der Waals surface area contributed by atoms with Crippen molar-refractivity contribution in [2.24, 2.45) is 5.73 Å². The second kappa shape index (κ2) is 5.52. The van der Waals surface area contributed by atoms with E-state index >= 15 is 0 Å². The minimum absolute atomic E-state index is 0.00632. The molecule has 0 aliphatic rings. The fraction of sp³-hybridized carbons (Fsp3) is 0.300. The normalized spacial score (nSPS) is 10.6. The van der Waals surface area contributed by atoms with E-state index in [0.29, 0.717) is 5.75 Å². The number of nitriles is 1. The highest BCUT2D eigenvalue weighted by Crippen LogP contribution is 2.28. The minimum atomic E-state index is -3.56. The van der Waals surface area contributed by atoms with Crippen LogP contribution in [0.5, 0.6) is 5.75 Å². The maximum atomic E-state index is 11.6. The summed E-state index contributed by atoms with van der Waals surface area (Å²) in [6.07, 6.45) is 0. The molecular weight excluding hydrogens is 242 g/mol. The summed E-state index contributed by atoms with van der Waals surface area (Å²) < 4.78 is 30.5. The van der Waals surface area contributed by atoms with E-state index < -0.39 is 10.0 Å². The third-order valence-corrected chi connectivity index (χ3v) is 3.30. The summed E-state index contributed by atoms with van der Waals surface area (Å²) in [5.41, 5.74) is 5.54. The van der Waals surface area contributed by atoms with Crippen LogP contribution in [0.1, 0.15) is 5.56 Å². The number of anilines is 1. The predicted octanol–water partition coefficient (Wildman–Crippen LogP) is 0.267. The van der Waals surface area contributed by atoms with Crippen LogP contribution in [0, 0.1) is 11.3 Å². The Bertz CT molecular complexity index is 534. The second-order valence-corrected chi connectivity index (χ2v) is 5.05. The van der Waals surface area contributed by atoms with E-state index in [1.807, 2.05) is 6.07 Å². The smallest absolute Gasteiger partial charge is 0.234 e. The average molecular weight is 255 g/mol. The third kappa shape index (κ3) is 3.34. The number of methoxy groups -OCH3 is 1. The van der Waals surface area contributed by atoms with Gasteiger partial charge in [0.2, 0.25) is 10.0 Å². The van der Waals surface area contributed by atoms with Gasteiger partial charge in [0.05, 0.1) is 18.4 Å². The van der Waals surface area contributed by atoms with Gasteiger partial charge in [-0.25, -0.2) is 8.42 Å². The van der Waals surface area contributed by atoms with Gasteiger partial charge >= 0.3 is 0 Å². The highest BCUT2D eigenvalue weighted by Gasteiger charge is 2.15. The number of nitrogens with one attached hydrogen (secondary N) is 1. The molecule has 7 heteroatoms. The summed E-state index contributed by atoms with van der Waals surface area (Å²) in [6.45, 7) is 0.00632. The number of hydrogen-bond acceptors (Lipinski definition) is 5. The van der Waals surface area contributed by atoms with Crippen molar-refractivity contribution in [3.8, 4) is 11.8 Å². The molecule has 0 fully saturated rings. The summed E-state index contributed by atoms with van der Waals surface area (Å²) in [4.78, 5) is 0. The lowest BCUT2D eigenvalue weighted by Crippen LogP contribution is -2.23. The largest absolute Gasteiger partial charge is 0.495 e. The van der Waals surface area contributed by atoms with Gasteiger partial charge in [-0.1, -0.05) is 6.07 Å². The Morgan fingerprint density at radius 2 is 2.24 bits per heavy atom. The highest BCUT2D eigenvalue weighted by atomic mass is 32.2. The maximum absolute atomic E-state index is 11.6. The number of hydrogen-bond donors (Lipinski definition) is 2. The van der Waals surface area contributed by atoms with E-state index in [1.165, 1.54) is 13.2 Å². The van der Waals surface area contributed by atoms with Crippen LogP contribution in [-0.2, 0) is 10.0 Å². The average Bonchev–Trinajstić information content (AvgIpc) is 2.28. The topological polar surface area (TPSA) is 105 Å². The van der Waals surface area contributed by atoms with Crippen molar-refractivity contribution < 1.29 is 13.2 Å². The molecule has 1 aromatic rings. The molecule has 0 unspecified atom stereocenters. The van der Waals surface area contributed by atoms with Crippen LogP contribution in [-0.4, -0.2) is 27.8 Å². The Hall–Kier alpha value is -1.78. The Morgan fingerprint density at radius 1 is 1.53 bits per heavy atom. The van der Waals surface area contributed by atoms with Gasteiger partial charge < -0.3 is 10.5 Å². The zero-order valence-electron chi connectivity index (χ0n) is 9.30. The molecule has 3 N–H and O–H groups in total. The fourth-order valence-corrected chi connectivity index (χ4v) is 2.20. The quantitative estimate of drug-likeness (QED) is 0.785. The van der Waals surface area contributed by atoms with E-state index in [4.69, 9.17) is 15.7 Å². The van der Waals surface area contributed by atoms with E-state index in [2.05, 4.69) is 4.72 Å². The summed E-state index contributed by atoms with van der Waals surface area (Å²) in [5.74, 6) is 0.0836. The van der Waals surface area contributed by atoms with Gasteiger partial charge in [0, 0.05) is 6.54 Å². The molecule has 0 spiro atoms. The number of benzene rings is 1. The van der Waals surface area contributed by atoms with Crippen LogP contribution in [0.15, 0.2) is 18.2 Å². The number of para-hydroxylation sites is 1. The first kappa shape index (κ1) is 13.3. The van der Waals surface area contributed by atoms with Crippen LogP contribution in [0.3, 0.4) is 0 Å². The first-order valence-electron chi connectivity index (χ1n) is 4.81. The summed E-state index contributed by atoms with van der Waals surface area (Å²) in [6, 6.07) is 6.58. The van der Waals surface area contributed by atoms with Gasteiger partial charge in [-0.2, -0.15) is 5.26 Å². The number of nitrogens with two attached hydrogens (primary N) is 1. The van der Waals surface area contributed by atoms with E-state index in [-0.39, 0.29) is 23.5 Å². The van der Waals surface area contributed by atoms with Crippen LogP contribution in [0.2, 0.25) is 0 Å². The maximum Gasteiger partial charge on any atom is 0.234 e. The van der Waals surface area contributed by atoms with Crippen molar-refractivity contribution in [2.75, 3.05) is 24.1 Å². The Kier molecular flexibility index (Phi) is 4.31. The molecule has 0 bridgehead atoms. The van der Waals surface area contributed by atoms with Crippen molar-refractivity contribution in [1.29, 1.82) is 5.26 Å². The van der Waals surface area contributed by atoms with Gasteiger partial charge in [0.1, 0.15) is 17.5 Å². The third-order valence-electron chi connectivity index (χ3n) is 2.01. The molecule has 0 amide bonds. The Balaban J connectivity index is 3.17. The van der Waals surface area contributed by atoms with Gasteiger partial charge in [0.15, 0.2) is 0 Å². The van der Waals surface area contributed by atoms with E-state index in [0.717, 1.165) is 0 Å².